The van der Waals surface area contributed by atoms with Crippen LogP contribution in [0.15, 0.2) is 36.0 Å². The highest BCUT2D eigenvalue weighted by Crippen LogP contribution is 2.23. The first-order chi connectivity index (χ1) is 13.7. The molecule has 0 aliphatic carbocycles. The minimum atomic E-state index is 0.0946. The van der Waals surface area contributed by atoms with E-state index in [2.05, 4.69) is 4.90 Å². The van der Waals surface area contributed by atoms with Crippen LogP contribution in [0.2, 0.25) is 0 Å². The van der Waals surface area contributed by atoms with Crippen LogP contribution in [0.3, 0.4) is 0 Å². The van der Waals surface area contributed by atoms with Crippen LogP contribution in [0.1, 0.15) is 35.4 Å². The van der Waals surface area contributed by atoms with Crippen molar-refractivity contribution in [1.29, 1.82) is 0 Å². The Hall–Kier alpha value is -2.12. The number of nitrogens with zero attached hydrogens (tertiary/aromatic N) is 4. The molecule has 0 aromatic carbocycles. The summed E-state index contributed by atoms with van der Waals surface area (Å²) in [6.45, 7) is 5.15. The average Bonchev–Trinajstić information content (AvgIpc) is 3.34. The summed E-state index contributed by atoms with van der Waals surface area (Å²) >= 11 is 1.50. The Morgan fingerprint density at radius 1 is 0.857 bits per heavy atom. The fraction of sp³-hybridized carbons (Fsp3) is 0.524. The van der Waals surface area contributed by atoms with E-state index in [1.165, 1.54) is 24.2 Å². The second-order valence-electron chi connectivity index (χ2n) is 7.59. The van der Waals surface area contributed by atoms with Gasteiger partial charge in [-0.25, -0.2) is 0 Å². The molecule has 28 heavy (non-hydrogen) atoms. The highest BCUT2D eigenvalue weighted by atomic mass is 32.1. The van der Waals surface area contributed by atoms with Crippen molar-refractivity contribution in [3.05, 3.63) is 40.8 Å². The fourth-order valence-corrected chi connectivity index (χ4v) is 4.88. The van der Waals surface area contributed by atoms with Crippen molar-refractivity contribution in [2.45, 2.75) is 25.7 Å². The molecule has 2 fully saturated rings. The summed E-state index contributed by atoms with van der Waals surface area (Å²) in [7, 11) is 0. The van der Waals surface area contributed by atoms with Crippen molar-refractivity contribution >= 4 is 23.2 Å². The third kappa shape index (κ3) is 4.31. The monoisotopic (exact) mass is 400 g/mol. The van der Waals surface area contributed by atoms with Crippen LogP contribution in [0.5, 0.6) is 0 Å². The zero-order chi connectivity index (χ0) is 19.3. The van der Waals surface area contributed by atoms with Gasteiger partial charge in [0.2, 0.25) is 5.91 Å². The van der Waals surface area contributed by atoms with E-state index < -0.39 is 0 Å². The quantitative estimate of drug-likeness (QED) is 0.793. The number of carbonyl (C=O) groups is 2. The summed E-state index contributed by atoms with van der Waals surface area (Å²) in [5.41, 5.74) is 0.943. The molecule has 2 aromatic rings. The third-order valence-corrected chi connectivity index (χ3v) is 6.59. The molecule has 150 valence electrons. The molecule has 2 aliphatic rings. The molecular weight excluding hydrogens is 372 g/mol. The van der Waals surface area contributed by atoms with Crippen molar-refractivity contribution < 1.29 is 9.59 Å². The van der Waals surface area contributed by atoms with Crippen molar-refractivity contribution in [1.82, 2.24) is 19.3 Å². The lowest BCUT2D eigenvalue weighted by atomic mass is 10.2. The molecule has 6 nitrogen and oxygen atoms in total. The lowest BCUT2D eigenvalue weighted by Crippen LogP contribution is -2.51. The Balaban J connectivity index is 1.31. The van der Waals surface area contributed by atoms with Gasteiger partial charge in [0.15, 0.2) is 0 Å². The van der Waals surface area contributed by atoms with Gasteiger partial charge < -0.3 is 14.4 Å². The fourth-order valence-electron chi connectivity index (χ4n) is 4.03. The topological polar surface area (TPSA) is 48.8 Å². The first-order valence-electron chi connectivity index (χ1n) is 10.2. The summed E-state index contributed by atoms with van der Waals surface area (Å²) < 4.78 is 1.99. The third-order valence-electron chi connectivity index (χ3n) is 5.70. The van der Waals surface area contributed by atoms with E-state index in [0.29, 0.717) is 19.6 Å². The number of rotatable bonds is 4. The maximum atomic E-state index is 13.0. The highest BCUT2D eigenvalue weighted by molar-refractivity contribution is 7.12. The van der Waals surface area contributed by atoms with Crippen LogP contribution < -0.4 is 0 Å². The molecule has 0 saturated carbocycles. The van der Waals surface area contributed by atoms with Gasteiger partial charge in [-0.1, -0.05) is 12.8 Å². The van der Waals surface area contributed by atoms with Gasteiger partial charge in [0, 0.05) is 51.7 Å². The SMILES string of the molecule is O=C(CN1CCN(C(=O)c2sccc2-n2cccc2)CC1)N1CCCCCC1. The average molecular weight is 401 g/mol. The normalized spacial score (nSPS) is 18.9. The van der Waals surface area contributed by atoms with Gasteiger partial charge >= 0.3 is 0 Å². The maximum Gasteiger partial charge on any atom is 0.266 e. The van der Waals surface area contributed by atoms with Crippen LogP contribution in [0.25, 0.3) is 5.69 Å². The van der Waals surface area contributed by atoms with Gasteiger partial charge in [-0.3, -0.25) is 14.5 Å². The number of hydrogen-bond donors (Lipinski definition) is 0. The van der Waals surface area contributed by atoms with Gasteiger partial charge in [-0.15, -0.1) is 11.3 Å². The number of hydrogen-bond acceptors (Lipinski definition) is 4. The Labute approximate surface area is 170 Å². The Morgan fingerprint density at radius 3 is 2.21 bits per heavy atom. The summed E-state index contributed by atoms with van der Waals surface area (Å²) in [5, 5.41) is 1.97. The highest BCUT2D eigenvalue weighted by Gasteiger charge is 2.27. The van der Waals surface area contributed by atoms with Crippen molar-refractivity contribution in [3.63, 3.8) is 0 Å². The lowest BCUT2D eigenvalue weighted by Gasteiger charge is -2.35. The molecule has 0 atom stereocenters. The van der Waals surface area contributed by atoms with Gasteiger partial charge in [0.25, 0.3) is 5.91 Å². The van der Waals surface area contributed by atoms with E-state index in [9.17, 15) is 9.59 Å². The van der Waals surface area contributed by atoms with Crippen molar-refractivity contribution in [3.8, 4) is 5.69 Å². The minimum Gasteiger partial charge on any atom is -0.342 e. The first kappa shape index (κ1) is 19.2. The number of carbonyl (C=O) groups excluding carboxylic acids is 2. The van der Waals surface area contributed by atoms with Crippen LogP contribution in [0.4, 0.5) is 0 Å². The molecule has 7 heteroatoms. The van der Waals surface area contributed by atoms with E-state index in [-0.39, 0.29) is 11.8 Å². The largest absolute Gasteiger partial charge is 0.342 e. The molecule has 0 spiro atoms. The zero-order valence-electron chi connectivity index (χ0n) is 16.3. The van der Waals surface area contributed by atoms with Crippen LogP contribution in [-0.2, 0) is 4.79 Å². The molecular formula is C21H28N4O2S. The molecule has 4 rings (SSSR count). The molecule has 0 radical (unpaired) electrons. The Bertz CT molecular complexity index is 785. The van der Waals surface area contributed by atoms with E-state index in [1.54, 1.807) is 0 Å². The van der Waals surface area contributed by atoms with E-state index >= 15 is 0 Å². The van der Waals surface area contributed by atoms with Crippen molar-refractivity contribution in [2.24, 2.45) is 0 Å². The number of thiophene rings is 1. The van der Waals surface area contributed by atoms with Crippen LogP contribution in [-0.4, -0.2) is 76.9 Å². The van der Waals surface area contributed by atoms with E-state index in [4.69, 9.17) is 0 Å². The molecule has 0 N–H and O–H groups in total. The molecule has 2 amide bonds. The predicted octanol–water partition coefficient (Wildman–Crippen LogP) is 2.70. The summed E-state index contributed by atoms with van der Waals surface area (Å²) in [6, 6.07) is 5.92. The Morgan fingerprint density at radius 2 is 1.54 bits per heavy atom. The molecule has 2 aromatic heterocycles. The molecule has 2 saturated heterocycles. The lowest BCUT2D eigenvalue weighted by molar-refractivity contribution is -0.132. The second-order valence-corrected chi connectivity index (χ2v) is 8.50. The number of aromatic nitrogens is 1. The van der Waals surface area contributed by atoms with Gasteiger partial charge in [-0.2, -0.15) is 0 Å². The summed E-state index contributed by atoms with van der Waals surface area (Å²) in [6.07, 6.45) is 8.64. The van der Waals surface area contributed by atoms with Gasteiger partial charge in [-0.05, 0) is 36.4 Å². The van der Waals surface area contributed by atoms with Crippen molar-refractivity contribution in [2.75, 3.05) is 45.8 Å². The molecule has 0 bridgehead atoms. The standard InChI is InChI=1S/C21H28N4O2S/c26-19(24-10-3-1-2-4-11-24)17-22-12-14-25(15-13-22)21(27)20-18(7-16-28-20)23-8-5-6-9-23/h5-9,16H,1-4,10-15,17H2. The number of likely N-dealkylation sites (tertiary alicyclic amines) is 1. The Kier molecular flexibility index (Phi) is 6.12. The molecule has 4 heterocycles. The van der Waals surface area contributed by atoms with Crippen LogP contribution >= 0.6 is 11.3 Å². The van der Waals surface area contributed by atoms with Gasteiger partial charge in [0.05, 0.1) is 12.2 Å². The smallest absolute Gasteiger partial charge is 0.266 e. The minimum absolute atomic E-state index is 0.0946. The number of piperazine rings is 1. The molecule has 2 aliphatic heterocycles. The summed E-state index contributed by atoms with van der Waals surface area (Å²) in [4.78, 5) is 32.5. The van der Waals surface area contributed by atoms with E-state index in [0.717, 1.165) is 49.6 Å². The van der Waals surface area contributed by atoms with E-state index in [1.807, 2.05) is 50.3 Å². The summed E-state index contributed by atoms with van der Waals surface area (Å²) in [5.74, 6) is 0.340. The first-order valence-corrected chi connectivity index (χ1v) is 11.1. The van der Waals surface area contributed by atoms with Gasteiger partial charge in [0.1, 0.15) is 4.88 Å². The maximum absolute atomic E-state index is 13.0. The predicted molar refractivity (Wildman–Crippen MR) is 111 cm³/mol. The number of amides is 2. The zero-order valence-corrected chi connectivity index (χ0v) is 17.1. The van der Waals surface area contributed by atoms with Crippen LogP contribution in [0, 0.1) is 0 Å². The molecule has 0 unspecified atom stereocenters. The second kappa shape index (κ2) is 8.92.